The van der Waals surface area contributed by atoms with Gasteiger partial charge in [-0.3, -0.25) is 19.4 Å². The predicted octanol–water partition coefficient (Wildman–Crippen LogP) is 3.88. The van der Waals surface area contributed by atoms with Gasteiger partial charge in [-0.2, -0.15) is 13.2 Å². The van der Waals surface area contributed by atoms with Gasteiger partial charge in [-0.1, -0.05) is 12.1 Å². The molecule has 1 fully saturated rings. The van der Waals surface area contributed by atoms with Gasteiger partial charge in [0.25, 0.3) is 0 Å². The van der Waals surface area contributed by atoms with Crippen molar-refractivity contribution in [1.82, 2.24) is 14.5 Å². The molecule has 34 heavy (non-hydrogen) atoms. The van der Waals surface area contributed by atoms with Crippen molar-refractivity contribution >= 4 is 34.6 Å². The van der Waals surface area contributed by atoms with E-state index >= 15 is 0 Å². The number of hydrogen-bond acceptors (Lipinski definition) is 4. The van der Waals surface area contributed by atoms with E-state index in [0.29, 0.717) is 23.0 Å². The van der Waals surface area contributed by atoms with Gasteiger partial charge in [-0.15, -0.1) is 0 Å². The number of aliphatic carboxylic acids is 1. The number of benzene rings is 2. The van der Waals surface area contributed by atoms with Crippen LogP contribution < -0.4 is 4.90 Å². The lowest BCUT2D eigenvalue weighted by Gasteiger charge is -2.37. The lowest BCUT2D eigenvalue weighted by atomic mass is 10.0. The minimum absolute atomic E-state index is 0.220. The van der Waals surface area contributed by atoms with Gasteiger partial charge in [-0.05, 0) is 36.8 Å². The number of fused-ring (bicyclic) bond motifs is 1. The molecule has 0 bridgehead atoms. The molecule has 8 nitrogen and oxygen atoms in total. The highest BCUT2D eigenvalue weighted by Gasteiger charge is 2.45. The molecule has 1 aliphatic rings. The Morgan fingerprint density at radius 3 is 2.59 bits per heavy atom. The number of carbonyl (C=O) groups excluding carboxylic acids is 2. The molecular formula is C22H18F4N4O4. The molecule has 1 aromatic heterocycles. The number of alkyl halides is 3. The minimum atomic E-state index is -5.09. The van der Waals surface area contributed by atoms with Gasteiger partial charge in [-0.25, -0.2) is 14.2 Å². The Morgan fingerprint density at radius 2 is 1.94 bits per heavy atom. The number of hydrogen-bond donors (Lipinski definition) is 1. The third kappa shape index (κ3) is 3.95. The summed E-state index contributed by atoms with van der Waals surface area (Å²) in [5.74, 6) is -6.00. The van der Waals surface area contributed by atoms with Crippen LogP contribution in [0, 0.1) is 11.7 Å². The average molecular weight is 478 g/mol. The number of carboxylic acids is 1. The van der Waals surface area contributed by atoms with Crippen LogP contribution in [0.25, 0.3) is 11.0 Å². The van der Waals surface area contributed by atoms with Crippen LogP contribution in [0.1, 0.15) is 18.1 Å². The van der Waals surface area contributed by atoms with Gasteiger partial charge in [0.15, 0.2) is 5.92 Å². The molecule has 0 aliphatic carbocycles. The zero-order chi connectivity index (χ0) is 24.8. The van der Waals surface area contributed by atoms with Crippen LogP contribution >= 0.6 is 0 Å². The highest BCUT2D eigenvalue weighted by Crippen LogP contribution is 2.36. The molecule has 0 spiro atoms. The lowest BCUT2D eigenvalue weighted by molar-refractivity contribution is -0.151. The van der Waals surface area contributed by atoms with Crippen molar-refractivity contribution < 1.29 is 37.1 Å². The number of aryl methyl sites for hydroxylation is 1. The van der Waals surface area contributed by atoms with Gasteiger partial charge in [0.2, 0.25) is 5.91 Å². The van der Waals surface area contributed by atoms with Crippen molar-refractivity contribution in [2.24, 2.45) is 5.92 Å². The Labute approximate surface area is 190 Å². The zero-order valence-corrected chi connectivity index (χ0v) is 17.7. The SMILES string of the molecule is CCn1cnc2cc(N3CC(C(=O)O)C(=O)N(Cc4cccc(F)c4C(F)(F)F)C3=O)ccc21. The van der Waals surface area contributed by atoms with Crippen LogP contribution in [0.5, 0.6) is 0 Å². The molecular weight excluding hydrogens is 460 g/mol. The number of aromatic nitrogens is 2. The van der Waals surface area contributed by atoms with Crippen LogP contribution in [0.3, 0.4) is 0 Å². The summed E-state index contributed by atoms with van der Waals surface area (Å²) in [4.78, 5) is 43.3. The van der Waals surface area contributed by atoms with E-state index in [1.807, 2.05) is 11.5 Å². The fourth-order valence-electron chi connectivity index (χ4n) is 3.97. The highest BCUT2D eigenvalue weighted by atomic mass is 19.4. The molecule has 1 atom stereocenters. The molecule has 3 aromatic rings. The average Bonchev–Trinajstić information content (AvgIpc) is 3.18. The number of urea groups is 1. The van der Waals surface area contributed by atoms with Crippen molar-refractivity contribution in [2.45, 2.75) is 26.2 Å². The molecule has 3 amide bonds. The van der Waals surface area contributed by atoms with E-state index < -0.39 is 60.0 Å². The first-order valence-corrected chi connectivity index (χ1v) is 10.2. The maximum absolute atomic E-state index is 14.0. The molecule has 1 unspecified atom stereocenters. The summed E-state index contributed by atoms with van der Waals surface area (Å²) in [5, 5.41) is 9.54. The first-order valence-electron chi connectivity index (χ1n) is 10.2. The minimum Gasteiger partial charge on any atom is -0.481 e. The van der Waals surface area contributed by atoms with Crippen LogP contribution in [-0.4, -0.2) is 44.0 Å². The van der Waals surface area contributed by atoms with E-state index in [2.05, 4.69) is 4.98 Å². The van der Waals surface area contributed by atoms with Gasteiger partial charge in [0, 0.05) is 18.8 Å². The van der Waals surface area contributed by atoms with Gasteiger partial charge >= 0.3 is 18.2 Å². The molecule has 1 aliphatic heterocycles. The monoisotopic (exact) mass is 478 g/mol. The summed E-state index contributed by atoms with van der Waals surface area (Å²) in [5.41, 5.74) is -0.804. The lowest BCUT2D eigenvalue weighted by Crippen LogP contribution is -2.58. The second-order valence-electron chi connectivity index (χ2n) is 7.68. The number of imidazole rings is 1. The number of nitrogens with zero attached hydrogens (tertiary/aromatic N) is 4. The normalized spacial score (nSPS) is 17.0. The van der Waals surface area contributed by atoms with Crippen molar-refractivity contribution in [1.29, 1.82) is 0 Å². The van der Waals surface area contributed by atoms with Gasteiger partial charge in [0.05, 0.1) is 29.5 Å². The van der Waals surface area contributed by atoms with E-state index in [0.717, 1.165) is 22.5 Å². The molecule has 12 heteroatoms. The van der Waals surface area contributed by atoms with E-state index in [1.54, 1.807) is 12.4 Å². The summed E-state index contributed by atoms with van der Waals surface area (Å²) in [6.07, 6.45) is -3.50. The van der Waals surface area contributed by atoms with Crippen LogP contribution in [0.2, 0.25) is 0 Å². The highest BCUT2D eigenvalue weighted by molar-refractivity contribution is 6.12. The predicted molar refractivity (Wildman–Crippen MR) is 111 cm³/mol. The van der Waals surface area contributed by atoms with Gasteiger partial charge < -0.3 is 9.67 Å². The van der Waals surface area contributed by atoms with E-state index in [-0.39, 0.29) is 5.69 Å². The first kappa shape index (κ1) is 23.2. The smallest absolute Gasteiger partial charge is 0.419 e. The summed E-state index contributed by atoms with van der Waals surface area (Å²) < 4.78 is 56.2. The number of rotatable bonds is 5. The molecule has 1 N–H and O–H groups in total. The number of carboxylic acid groups (broad SMARTS) is 1. The Morgan fingerprint density at radius 1 is 1.21 bits per heavy atom. The first-order chi connectivity index (χ1) is 16.0. The van der Waals surface area contributed by atoms with Crippen molar-refractivity contribution in [2.75, 3.05) is 11.4 Å². The topological polar surface area (TPSA) is 95.7 Å². The Bertz CT molecular complexity index is 1300. The summed E-state index contributed by atoms with van der Waals surface area (Å²) in [6.45, 7) is 1.08. The molecule has 4 rings (SSSR count). The van der Waals surface area contributed by atoms with Crippen LogP contribution in [-0.2, 0) is 28.9 Å². The van der Waals surface area contributed by atoms with Crippen LogP contribution in [0.15, 0.2) is 42.7 Å². The second-order valence-corrected chi connectivity index (χ2v) is 7.68. The van der Waals surface area contributed by atoms with Crippen molar-refractivity contribution in [3.05, 3.63) is 59.7 Å². The largest absolute Gasteiger partial charge is 0.481 e. The third-order valence-corrected chi connectivity index (χ3v) is 5.66. The van der Waals surface area contributed by atoms with E-state index in [4.69, 9.17) is 0 Å². The molecule has 178 valence electrons. The second kappa shape index (κ2) is 8.43. The Balaban J connectivity index is 1.75. The van der Waals surface area contributed by atoms with E-state index in [1.165, 1.54) is 12.1 Å². The molecule has 0 radical (unpaired) electrons. The Hall–Kier alpha value is -3.96. The number of halogens is 4. The van der Waals surface area contributed by atoms with Crippen LogP contribution in [0.4, 0.5) is 28.0 Å². The summed E-state index contributed by atoms with van der Waals surface area (Å²) in [6, 6.07) is 6.27. The summed E-state index contributed by atoms with van der Waals surface area (Å²) in [7, 11) is 0. The zero-order valence-electron chi connectivity index (χ0n) is 17.7. The van der Waals surface area contributed by atoms with Gasteiger partial charge in [0.1, 0.15) is 5.82 Å². The van der Waals surface area contributed by atoms with E-state index in [9.17, 15) is 37.1 Å². The fraction of sp³-hybridized carbons (Fsp3) is 0.273. The fourth-order valence-corrected chi connectivity index (χ4v) is 3.97. The molecule has 1 saturated heterocycles. The molecule has 2 heterocycles. The molecule has 0 saturated carbocycles. The van der Waals surface area contributed by atoms with Crippen molar-refractivity contribution in [3.63, 3.8) is 0 Å². The molecule has 2 aromatic carbocycles. The standard InChI is InChI=1S/C22H18F4N4O4/c1-2-28-11-27-16-8-13(6-7-17(16)28)29-10-14(20(32)33)19(31)30(21(29)34)9-12-4-3-5-15(23)18(12)22(24,25)26/h3-8,11,14H,2,9-10H2,1H3,(H,32,33). The number of amides is 3. The number of carbonyl (C=O) groups is 3. The maximum Gasteiger partial charge on any atom is 0.419 e. The quantitative estimate of drug-likeness (QED) is 0.444. The summed E-state index contributed by atoms with van der Waals surface area (Å²) >= 11 is 0. The third-order valence-electron chi connectivity index (χ3n) is 5.66. The number of imide groups is 1. The van der Waals surface area contributed by atoms with Crippen molar-refractivity contribution in [3.8, 4) is 0 Å². The Kier molecular flexibility index (Phi) is 5.75. The maximum atomic E-state index is 14.0. The number of anilines is 1.